The van der Waals surface area contributed by atoms with Crippen LogP contribution in [0.3, 0.4) is 0 Å². The zero-order valence-electron chi connectivity index (χ0n) is 15.0. The molecule has 0 saturated heterocycles. The Hall–Kier alpha value is -2.79. The third-order valence-electron chi connectivity index (χ3n) is 4.24. The molecule has 1 heterocycles. The standard InChI is InChI=1S/C20H21ClN4O/c1-24(2)17-10-6-15(7-11-17)20(26)23-18(19-22-12-13-25(19)3)14-4-8-16(21)9-5-14/h4-13,18H,1-3H3,(H,23,26)/t18-/m1/s1. The summed E-state index contributed by atoms with van der Waals surface area (Å²) >= 11 is 6.00. The minimum atomic E-state index is -0.367. The lowest BCUT2D eigenvalue weighted by Gasteiger charge is -2.20. The van der Waals surface area contributed by atoms with Crippen LogP contribution in [-0.4, -0.2) is 29.6 Å². The van der Waals surface area contributed by atoms with Gasteiger partial charge < -0.3 is 14.8 Å². The van der Waals surface area contributed by atoms with E-state index >= 15 is 0 Å². The fraction of sp³-hybridized carbons (Fsp3) is 0.200. The van der Waals surface area contributed by atoms with Gasteiger partial charge in [0.1, 0.15) is 11.9 Å². The predicted octanol–water partition coefficient (Wildman–Crippen LogP) is 3.66. The van der Waals surface area contributed by atoms with Crippen LogP contribution in [0.2, 0.25) is 5.02 Å². The molecule has 0 bridgehead atoms. The van der Waals surface area contributed by atoms with Crippen molar-refractivity contribution in [2.75, 3.05) is 19.0 Å². The summed E-state index contributed by atoms with van der Waals surface area (Å²) in [5.74, 6) is 0.601. The summed E-state index contributed by atoms with van der Waals surface area (Å²) in [6.07, 6.45) is 3.58. The normalized spacial score (nSPS) is 11.8. The third kappa shape index (κ3) is 3.89. The highest BCUT2D eigenvalue weighted by molar-refractivity contribution is 6.30. The van der Waals surface area contributed by atoms with Gasteiger partial charge in [-0.05, 0) is 42.0 Å². The summed E-state index contributed by atoms with van der Waals surface area (Å²) in [5.41, 5.74) is 2.56. The van der Waals surface area contributed by atoms with Crippen LogP contribution in [0.25, 0.3) is 0 Å². The van der Waals surface area contributed by atoms with Crippen molar-refractivity contribution in [3.8, 4) is 0 Å². The number of carbonyl (C=O) groups is 1. The molecule has 134 valence electrons. The Morgan fingerprint density at radius 3 is 2.31 bits per heavy atom. The average Bonchev–Trinajstić information content (AvgIpc) is 3.06. The van der Waals surface area contributed by atoms with Crippen molar-refractivity contribution in [3.63, 3.8) is 0 Å². The number of carbonyl (C=O) groups excluding carboxylic acids is 1. The van der Waals surface area contributed by atoms with E-state index in [1.807, 2.05) is 85.3 Å². The maximum atomic E-state index is 12.8. The Morgan fingerprint density at radius 1 is 1.12 bits per heavy atom. The zero-order valence-corrected chi connectivity index (χ0v) is 15.7. The fourth-order valence-corrected chi connectivity index (χ4v) is 2.86. The molecule has 0 aliphatic heterocycles. The van der Waals surface area contributed by atoms with Crippen LogP contribution in [0, 0.1) is 0 Å². The summed E-state index contributed by atoms with van der Waals surface area (Å²) in [6.45, 7) is 0. The number of aryl methyl sites for hydroxylation is 1. The van der Waals surface area contributed by atoms with Gasteiger partial charge in [0, 0.05) is 49.8 Å². The van der Waals surface area contributed by atoms with Gasteiger partial charge in [-0.3, -0.25) is 4.79 Å². The number of hydrogen-bond donors (Lipinski definition) is 1. The van der Waals surface area contributed by atoms with Crippen LogP contribution >= 0.6 is 11.6 Å². The van der Waals surface area contributed by atoms with Crippen LogP contribution in [0.1, 0.15) is 27.8 Å². The Balaban J connectivity index is 1.89. The van der Waals surface area contributed by atoms with Crippen molar-refractivity contribution >= 4 is 23.2 Å². The molecule has 0 spiro atoms. The highest BCUT2D eigenvalue weighted by atomic mass is 35.5. The molecule has 3 rings (SSSR count). The number of hydrogen-bond acceptors (Lipinski definition) is 3. The van der Waals surface area contributed by atoms with Gasteiger partial charge in [0.15, 0.2) is 0 Å². The van der Waals surface area contributed by atoms with Crippen molar-refractivity contribution in [1.82, 2.24) is 14.9 Å². The summed E-state index contributed by atoms with van der Waals surface area (Å²) in [5, 5.41) is 3.73. The Bertz CT molecular complexity index is 885. The number of benzene rings is 2. The van der Waals surface area contributed by atoms with E-state index in [2.05, 4.69) is 10.3 Å². The summed E-state index contributed by atoms with van der Waals surface area (Å²) in [7, 11) is 5.84. The highest BCUT2D eigenvalue weighted by Gasteiger charge is 2.21. The number of aromatic nitrogens is 2. The van der Waals surface area contributed by atoms with Crippen molar-refractivity contribution in [3.05, 3.63) is 82.9 Å². The fourth-order valence-electron chi connectivity index (χ4n) is 2.73. The lowest BCUT2D eigenvalue weighted by molar-refractivity contribution is 0.0941. The molecule has 1 N–H and O–H groups in total. The SMILES string of the molecule is CN(C)c1ccc(C(=O)N[C@H](c2ccc(Cl)cc2)c2nccn2C)cc1. The number of nitrogens with zero attached hydrogens (tertiary/aromatic N) is 3. The maximum Gasteiger partial charge on any atom is 0.252 e. The van der Waals surface area contributed by atoms with Gasteiger partial charge in [0.25, 0.3) is 5.91 Å². The lowest BCUT2D eigenvalue weighted by Crippen LogP contribution is -2.31. The second kappa shape index (κ2) is 7.62. The molecule has 2 aromatic carbocycles. The van der Waals surface area contributed by atoms with Gasteiger partial charge in [-0.15, -0.1) is 0 Å². The molecule has 6 heteroatoms. The first kappa shape index (κ1) is 18.0. The zero-order chi connectivity index (χ0) is 18.7. The van der Waals surface area contributed by atoms with Crippen molar-refractivity contribution in [1.29, 1.82) is 0 Å². The van der Waals surface area contributed by atoms with E-state index in [0.717, 1.165) is 17.1 Å². The largest absolute Gasteiger partial charge is 0.378 e. The van der Waals surface area contributed by atoms with Gasteiger partial charge in [0.05, 0.1) is 0 Å². The number of imidazole rings is 1. The van der Waals surface area contributed by atoms with Crippen LogP contribution < -0.4 is 10.2 Å². The lowest BCUT2D eigenvalue weighted by atomic mass is 10.1. The predicted molar refractivity (Wildman–Crippen MR) is 105 cm³/mol. The first-order valence-corrected chi connectivity index (χ1v) is 8.64. The van der Waals surface area contributed by atoms with Gasteiger partial charge >= 0.3 is 0 Å². The van der Waals surface area contributed by atoms with E-state index in [4.69, 9.17) is 11.6 Å². The van der Waals surface area contributed by atoms with Crippen molar-refractivity contribution < 1.29 is 4.79 Å². The van der Waals surface area contributed by atoms with E-state index < -0.39 is 0 Å². The number of halogens is 1. The van der Waals surface area contributed by atoms with Crippen LogP contribution in [0.15, 0.2) is 60.9 Å². The van der Waals surface area contributed by atoms with E-state index in [-0.39, 0.29) is 11.9 Å². The van der Waals surface area contributed by atoms with E-state index in [9.17, 15) is 4.79 Å². The topological polar surface area (TPSA) is 50.2 Å². The number of rotatable bonds is 5. The smallest absolute Gasteiger partial charge is 0.252 e. The minimum absolute atomic E-state index is 0.154. The molecule has 1 amide bonds. The maximum absolute atomic E-state index is 12.8. The van der Waals surface area contributed by atoms with Gasteiger partial charge in [-0.1, -0.05) is 23.7 Å². The van der Waals surface area contributed by atoms with Gasteiger partial charge in [0.2, 0.25) is 0 Å². The van der Waals surface area contributed by atoms with E-state index in [1.54, 1.807) is 6.20 Å². The van der Waals surface area contributed by atoms with Gasteiger partial charge in [-0.25, -0.2) is 4.98 Å². The Morgan fingerprint density at radius 2 is 1.77 bits per heavy atom. The van der Waals surface area contributed by atoms with Gasteiger partial charge in [-0.2, -0.15) is 0 Å². The molecule has 3 aromatic rings. The summed E-state index contributed by atoms with van der Waals surface area (Å²) < 4.78 is 1.90. The second-order valence-corrected chi connectivity index (χ2v) is 6.73. The van der Waals surface area contributed by atoms with Crippen LogP contribution in [0.4, 0.5) is 5.69 Å². The van der Waals surface area contributed by atoms with Crippen LogP contribution in [0.5, 0.6) is 0 Å². The molecule has 1 aromatic heterocycles. The number of nitrogens with one attached hydrogen (secondary N) is 1. The second-order valence-electron chi connectivity index (χ2n) is 6.30. The summed E-state index contributed by atoms with van der Waals surface area (Å²) in [4.78, 5) is 19.2. The molecule has 0 radical (unpaired) electrons. The quantitative estimate of drug-likeness (QED) is 0.747. The van der Waals surface area contributed by atoms with Crippen molar-refractivity contribution in [2.45, 2.75) is 6.04 Å². The highest BCUT2D eigenvalue weighted by Crippen LogP contribution is 2.23. The number of amides is 1. The van der Waals surface area contributed by atoms with E-state index in [0.29, 0.717) is 10.6 Å². The monoisotopic (exact) mass is 368 g/mol. The van der Waals surface area contributed by atoms with Crippen LogP contribution in [-0.2, 0) is 7.05 Å². The third-order valence-corrected chi connectivity index (χ3v) is 4.49. The van der Waals surface area contributed by atoms with Crippen molar-refractivity contribution in [2.24, 2.45) is 7.05 Å². The summed E-state index contributed by atoms with van der Waals surface area (Å²) in [6, 6.07) is 14.5. The Kier molecular flexibility index (Phi) is 5.28. The average molecular weight is 369 g/mol. The number of anilines is 1. The molecule has 0 aliphatic rings. The molecule has 5 nitrogen and oxygen atoms in total. The first-order valence-electron chi connectivity index (χ1n) is 8.26. The molecule has 1 atom stereocenters. The molecular weight excluding hydrogens is 348 g/mol. The molecule has 26 heavy (non-hydrogen) atoms. The Labute approximate surface area is 158 Å². The first-order chi connectivity index (χ1) is 12.5. The molecule has 0 fully saturated rings. The molecular formula is C20H21ClN4O. The minimum Gasteiger partial charge on any atom is -0.378 e. The molecule has 0 aliphatic carbocycles. The molecule has 0 unspecified atom stereocenters. The molecule has 0 saturated carbocycles. The van der Waals surface area contributed by atoms with E-state index in [1.165, 1.54) is 0 Å².